The summed E-state index contributed by atoms with van der Waals surface area (Å²) in [5.41, 5.74) is 0. The van der Waals surface area contributed by atoms with E-state index in [2.05, 4.69) is 0 Å². The molecule has 0 aromatic heterocycles. The minimum Gasteiger partial charge on any atom is -0.349 e. The average molecular weight is 354 g/mol. The Morgan fingerprint density at radius 3 is 1.52 bits per heavy atom. The Kier molecular flexibility index (Phi) is 18.0. The largest absolute Gasteiger partial charge is 0.349 e. The van der Waals surface area contributed by atoms with Crippen LogP contribution in [-0.2, 0) is 23.8 Å². The number of hydrogen-bond donors (Lipinski definition) is 0. The highest BCUT2D eigenvalue weighted by Gasteiger charge is 2.12. The molecule has 25 heavy (non-hydrogen) atoms. The predicted octanol–water partition coefficient (Wildman–Crippen LogP) is 4.36. The van der Waals surface area contributed by atoms with Gasteiger partial charge < -0.3 is 23.8 Å². The molecule has 0 aliphatic heterocycles. The number of allylic oxidation sites excluding steroid dienone is 2. The topological polar surface area (TPSA) is 61.8 Å². The van der Waals surface area contributed by atoms with Crippen LogP contribution in [0.3, 0.4) is 0 Å². The van der Waals surface area contributed by atoms with E-state index in [0.717, 1.165) is 51.1 Å². The van der Waals surface area contributed by atoms with Gasteiger partial charge in [0.2, 0.25) is 0 Å². The number of carbonyl (C=O) groups is 2. The molecule has 0 N–H and O–H groups in total. The molecule has 2 unspecified atom stereocenters. The van der Waals surface area contributed by atoms with Crippen molar-refractivity contribution >= 4 is 12.6 Å². The van der Waals surface area contributed by atoms with Gasteiger partial charge in [-0.15, -0.1) is 0 Å². The summed E-state index contributed by atoms with van der Waals surface area (Å²) >= 11 is 0. The summed E-state index contributed by atoms with van der Waals surface area (Å²) in [4.78, 5) is 20.7. The molecule has 0 heterocycles. The van der Waals surface area contributed by atoms with Gasteiger partial charge in [-0.1, -0.05) is 26.0 Å². The zero-order chi connectivity index (χ0) is 18.6. The van der Waals surface area contributed by atoms with Crippen LogP contribution in [0, 0.1) is 0 Å². The monoisotopic (exact) mass is 354 g/mol. The van der Waals surface area contributed by atoms with E-state index in [1.54, 1.807) is 0 Å². The first kappa shape index (κ1) is 23.7. The van der Waals surface area contributed by atoms with Crippen molar-refractivity contribution in [3.63, 3.8) is 0 Å². The first-order valence-corrected chi connectivity index (χ1v) is 9.37. The van der Waals surface area contributed by atoms with Crippen LogP contribution in [0.5, 0.6) is 0 Å². The Balaban J connectivity index is 4.55. The molecule has 2 atom stereocenters. The van der Waals surface area contributed by atoms with Gasteiger partial charge in [0, 0.05) is 26.1 Å². The van der Waals surface area contributed by atoms with E-state index in [-0.39, 0.29) is 0 Å². The standard InChI is InChI=1S/C20H34O5/c1-3-17-23-19(13-9-5-7-11-15-21)25-20(24-18-4-2)14-10-6-8-12-16-22/h9-10,13-16,19-20H,3-8,11-12,17-18H2,1-2H3. The second-order valence-corrected chi connectivity index (χ2v) is 5.67. The number of rotatable bonds is 18. The van der Waals surface area contributed by atoms with Gasteiger partial charge in [-0.05, 0) is 50.7 Å². The maximum absolute atomic E-state index is 10.3. The molecule has 0 fully saturated rings. The molecule has 0 aliphatic rings. The van der Waals surface area contributed by atoms with Crippen LogP contribution in [0.2, 0.25) is 0 Å². The molecule has 0 rings (SSSR count). The van der Waals surface area contributed by atoms with Crippen LogP contribution in [-0.4, -0.2) is 38.4 Å². The van der Waals surface area contributed by atoms with Crippen LogP contribution >= 0.6 is 0 Å². The molecule has 0 amide bonds. The summed E-state index contributed by atoms with van der Waals surface area (Å²) in [7, 11) is 0. The van der Waals surface area contributed by atoms with Crippen molar-refractivity contribution in [3.05, 3.63) is 24.3 Å². The van der Waals surface area contributed by atoms with Gasteiger partial charge in [0.1, 0.15) is 12.6 Å². The Labute approximate surface area is 152 Å². The van der Waals surface area contributed by atoms with Gasteiger partial charge in [0.05, 0.1) is 0 Å². The number of aldehydes is 2. The first-order chi connectivity index (χ1) is 12.3. The van der Waals surface area contributed by atoms with Gasteiger partial charge in [0.15, 0.2) is 12.6 Å². The lowest BCUT2D eigenvalue weighted by Crippen LogP contribution is -2.25. The second-order valence-electron chi connectivity index (χ2n) is 5.67. The summed E-state index contributed by atoms with van der Waals surface area (Å²) in [5, 5.41) is 0. The van der Waals surface area contributed by atoms with Crippen LogP contribution in [0.25, 0.3) is 0 Å². The van der Waals surface area contributed by atoms with Gasteiger partial charge in [-0.2, -0.15) is 0 Å². The quantitative estimate of drug-likeness (QED) is 0.158. The lowest BCUT2D eigenvalue weighted by Gasteiger charge is -2.21. The Morgan fingerprint density at radius 2 is 1.16 bits per heavy atom. The molecule has 0 aromatic rings. The van der Waals surface area contributed by atoms with Crippen LogP contribution in [0.15, 0.2) is 24.3 Å². The maximum Gasteiger partial charge on any atom is 0.180 e. The molecule has 0 spiro atoms. The highest BCUT2D eigenvalue weighted by molar-refractivity contribution is 5.49. The zero-order valence-corrected chi connectivity index (χ0v) is 15.7. The molecule has 144 valence electrons. The third-order valence-electron chi connectivity index (χ3n) is 3.21. The third-order valence-corrected chi connectivity index (χ3v) is 3.21. The highest BCUT2D eigenvalue weighted by atomic mass is 16.8. The van der Waals surface area contributed by atoms with E-state index in [1.807, 2.05) is 38.2 Å². The minimum atomic E-state index is -0.474. The first-order valence-electron chi connectivity index (χ1n) is 9.37. The van der Waals surface area contributed by atoms with E-state index in [0.29, 0.717) is 26.1 Å². The van der Waals surface area contributed by atoms with Crippen molar-refractivity contribution < 1.29 is 23.8 Å². The van der Waals surface area contributed by atoms with Crippen molar-refractivity contribution in [2.75, 3.05) is 13.2 Å². The van der Waals surface area contributed by atoms with Crippen molar-refractivity contribution in [1.29, 1.82) is 0 Å². The Morgan fingerprint density at radius 1 is 0.720 bits per heavy atom. The summed E-state index contributed by atoms with van der Waals surface area (Å²) in [6.45, 7) is 5.30. The molecule has 0 aliphatic carbocycles. The molecule has 0 radical (unpaired) electrons. The van der Waals surface area contributed by atoms with Crippen molar-refractivity contribution in [2.24, 2.45) is 0 Å². The van der Waals surface area contributed by atoms with Crippen LogP contribution in [0.1, 0.15) is 65.2 Å². The van der Waals surface area contributed by atoms with E-state index < -0.39 is 12.6 Å². The molecule has 0 bridgehead atoms. The van der Waals surface area contributed by atoms with Gasteiger partial charge in [-0.3, -0.25) is 0 Å². The normalized spacial score (nSPS) is 14.2. The molecule has 5 nitrogen and oxygen atoms in total. The van der Waals surface area contributed by atoms with Crippen molar-refractivity contribution in [2.45, 2.75) is 77.8 Å². The van der Waals surface area contributed by atoms with Gasteiger partial charge in [-0.25, -0.2) is 0 Å². The summed E-state index contributed by atoms with van der Waals surface area (Å²) in [6.07, 6.45) is 14.9. The fourth-order valence-electron chi connectivity index (χ4n) is 1.93. The SMILES string of the molecule is CCCOC(C=CCCCC=O)OC(C=CCCCC=O)OCCC. The van der Waals surface area contributed by atoms with Crippen LogP contribution in [0.4, 0.5) is 0 Å². The lowest BCUT2D eigenvalue weighted by atomic mass is 10.2. The molecule has 5 heteroatoms. The Hall–Kier alpha value is -1.30. The van der Waals surface area contributed by atoms with Gasteiger partial charge >= 0.3 is 0 Å². The minimum absolute atomic E-state index is 0.474. The summed E-state index contributed by atoms with van der Waals surface area (Å²) in [6, 6.07) is 0. The molecule has 0 saturated carbocycles. The third kappa shape index (κ3) is 15.9. The maximum atomic E-state index is 10.3. The van der Waals surface area contributed by atoms with E-state index in [1.165, 1.54) is 0 Å². The molecule has 0 saturated heterocycles. The fraction of sp³-hybridized carbons (Fsp3) is 0.700. The number of ether oxygens (including phenoxy) is 3. The zero-order valence-electron chi connectivity index (χ0n) is 15.7. The Bertz CT molecular complexity index is 331. The lowest BCUT2D eigenvalue weighted by molar-refractivity contribution is -0.207. The molecule has 0 aromatic carbocycles. The summed E-state index contributed by atoms with van der Waals surface area (Å²) in [5.74, 6) is 0. The van der Waals surface area contributed by atoms with Crippen molar-refractivity contribution in [1.82, 2.24) is 0 Å². The van der Waals surface area contributed by atoms with E-state index >= 15 is 0 Å². The number of carbonyl (C=O) groups excluding carboxylic acids is 2. The second kappa shape index (κ2) is 19.0. The number of hydrogen-bond acceptors (Lipinski definition) is 5. The van der Waals surface area contributed by atoms with E-state index in [9.17, 15) is 9.59 Å². The summed E-state index contributed by atoms with van der Waals surface area (Å²) < 4.78 is 17.3. The molecular weight excluding hydrogens is 320 g/mol. The average Bonchev–Trinajstić information content (AvgIpc) is 2.63. The predicted molar refractivity (Wildman–Crippen MR) is 99.3 cm³/mol. The van der Waals surface area contributed by atoms with E-state index in [4.69, 9.17) is 14.2 Å². The van der Waals surface area contributed by atoms with Gasteiger partial charge in [0.25, 0.3) is 0 Å². The van der Waals surface area contributed by atoms with Crippen LogP contribution < -0.4 is 0 Å². The highest BCUT2D eigenvalue weighted by Crippen LogP contribution is 2.09. The molecular formula is C20H34O5. The fourth-order valence-corrected chi connectivity index (χ4v) is 1.93. The van der Waals surface area contributed by atoms with Crippen molar-refractivity contribution in [3.8, 4) is 0 Å². The number of unbranched alkanes of at least 4 members (excludes halogenated alkanes) is 4. The smallest absolute Gasteiger partial charge is 0.180 e.